The monoisotopic (exact) mass is 286 g/mol. The molecule has 6 heteroatoms. The largest absolute Gasteiger partial charge is 0.318 e. The van der Waals surface area contributed by atoms with Gasteiger partial charge in [0.1, 0.15) is 0 Å². The van der Waals surface area contributed by atoms with Gasteiger partial charge >= 0.3 is 5.91 Å². The lowest BCUT2D eigenvalue weighted by atomic mass is 9.94. The highest BCUT2D eigenvalue weighted by molar-refractivity contribution is 5.93. The van der Waals surface area contributed by atoms with Crippen molar-refractivity contribution < 1.29 is 4.79 Å². The molecule has 0 radical (unpaired) electrons. The van der Waals surface area contributed by atoms with Gasteiger partial charge in [-0.1, -0.05) is 31.4 Å². The number of nitrogens with one attached hydrogen (secondary N) is 1. The molecule has 1 aliphatic carbocycles. The lowest BCUT2D eigenvalue weighted by Crippen LogP contribution is -2.36. The number of carbonyl (C=O) groups excluding carboxylic acids is 1. The standard InChI is InChI=1S/C15H18N4O2/c16-18-15(21)13-17-14(20)11-8-4-5-9-12(11)19(13)10-6-2-1-3-7-10/h4-5,8-10H,1-3,6-7,16H2,(H,18,21). The summed E-state index contributed by atoms with van der Waals surface area (Å²) in [4.78, 5) is 28.1. The van der Waals surface area contributed by atoms with Crippen LogP contribution in [0.2, 0.25) is 0 Å². The number of hydrazine groups is 1. The molecule has 3 rings (SSSR count). The zero-order chi connectivity index (χ0) is 14.8. The minimum absolute atomic E-state index is 0.105. The van der Waals surface area contributed by atoms with Gasteiger partial charge in [0.15, 0.2) is 0 Å². The first-order valence-corrected chi connectivity index (χ1v) is 7.24. The predicted octanol–water partition coefficient (Wildman–Crippen LogP) is 1.51. The molecule has 1 amide bonds. The van der Waals surface area contributed by atoms with Crippen molar-refractivity contribution in [1.82, 2.24) is 15.0 Å². The van der Waals surface area contributed by atoms with Crippen molar-refractivity contribution in [2.24, 2.45) is 5.84 Å². The second-order valence-corrected chi connectivity index (χ2v) is 5.39. The van der Waals surface area contributed by atoms with E-state index in [9.17, 15) is 9.59 Å². The zero-order valence-electron chi connectivity index (χ0n) is 11.7. The third-order valence-corrected chi connectivity index (χ3v) is 4.10. The quantitative estimate of drug-likeness (QED) is 0.497. The molecule has 1 heterocycles. The van der Waals surface area contributed by atoms with Crippen LogP contribution in [-0.2, 0) is 0 Å². The summed E-state index contributed by atoms with van der Waals surface area (Å²) in [6.45, 7) is 0. The SMILES string of the molecule is NNC(=O)c1nc(=O)c2ccccc2n1C1CCCCC1. The Morgan fingerprint density at radius 3 is 2.67 bits per heavy atom. The molecule has 0 bridgehead atoms. The minimum atomic E-state index is -0.525. The number of rotatable bonds is 2. The van der Waals surface area contributed by atoms with E-state index in [4.69, 9.17) is 5.84 Å². The van der Waals surface area contributed by atoms with Gasteiger partial charge in [0, 0.05) is 6.04 Å². The highest BCUT2D eigenvalue weighted by Crippen LogP contribution is 2.31. The molecule has 0 atom stereocenters. The van der Waals surface area contributed by atoms with Crippen LogP contribution in [0.5, 0.6) is 0 Å². The van der Waals surface area contributed by atoms with Crippen LogP contribution in [-0.4, -0.2) is 15.5 Å². The third kappa shape index (κ3) is 2.42. The first-order valence-electron chi connectivity index (χ1n) is 7.24. The van der Waals surface area contributed by atoms with E-state index in [0.717, 1.165) is 31.2 Å². The van der Waals surface area contributed by atoms with Crippen molar-refractivity contribution in [3.8, 4) is 0 Å². The summed E-state index contributed by atoms with van der Waals surface area (Å²) >= 11 is 0. The molecular weight excluding hydrogens is 268 g/mol. The lowest BCUT2D eigenvalue weighted by Gasteiger charge is -2.27. The van der Waals surface area contributed by atoms with E-state index >= 15 is 0 Å². The van der Waals surface area contributed by atoms with Gasteiger partial charge in [0.2, 0.25) is 5.82 Å². The van der Waals surface area contributed by atoms with Crippen molar-refractivity contribution in [1.29, 1.82) is 0 Å². The maximum atomic E-state index is 12.1. The number of para-hydroxylation sites is 1. The molecular formula is C15H18N4O2. The number of benzene rings is 1. The first-order chi connectivity index (χ1) is 10.2. The number of nitrogen functional groups attached to an aromatic ring is 1. The second kappa shape index (κ2) is 5.65. The maximum Gasteiger partial charge on any atom is 0.301 e. The number of aromatic nitrogens is 2. The Morgan fingerprint density at radius 1 is 1.24 bits per heavy atom. The molecule has 1 fully saturated rings. The topological polar surface area (TPSA) is 90.0 Å². The average Bonchev–Trinajstić information content (AvgIpc) is 2.55. The molecule has 0 unspecified atom stereocenters. The fourth-order valence-electron chi connectivity index (χ4n) is 3.12. The van der Waals surface area contributed by atoms with Crippen molar-refractivity contribution in [3.63, 3.8) is 0 Å². The Kier molecular flexibility index (Phi) is 3.70. The van der Waals surface area contributed by atoms with E-state index in [2.05, 4.69) is 10.4 Å². The van der Waals surface area contributed by atoms with Crippen molar-refractivity contribution in [2.75, 3.05) is 0 Å². The number of hydrogen-bond donors (Lipinski definition) is 2. The van der Waals surface area contributed by atoms with Crippen molar-refractivity contribution in [3.05, 3.63) is 40.4 Å². The molecule has 1 aromatic carbocycles. The summed E-state index contributed by atoms with van der Waals surface area (Å²) in [5.41, 5.74) is 2.45. The number of nitrogens with zero attached hydrogens (tertiary/aromatic N) is 2. The number of fused-ring (bicyclic) bond motifs is 1. The van der Waals surface area contributed by atoms with Crippen molar-refractivity contribution >= 4 is 16.8 Å². The van der Waals surface area contributed by atoms with E-state index in [1.807, 2.05) is 16.7 Å². The van der Waals surface area contributed by atoms with Gasteiger partial charge in [-0.25, -0.2) is 5.84 Å². The van der Waals surface area contributed by atoms with Crippen molar-refractivity contribution in [2.45, 2.75) is 38.1 Å². The summed E-state index contributed by atoms with van der Waals surface area (Å²) in [7, 11) is 0. The van der Waals surface area contributed by atoms with E-state index in [1.165, 1.54) is 6.42 Å². The highest BCUT2D eigenvalue weighted by Gasteiger charge is 2.23. The second-order valence-electron chi connectivity index (χ2n) is 5.39. The molecule has 1 aromatic heterocycles. The molecule has 2 aromatic rings. The normalized spacial score (nSPS) is 16.0. The van der Waals surface area contributed by atoms with E-state index in [1.54, 1.807) is 12.1 Å². The third-order valence-electron chi connectivity index (χ3n) is 4.10. The fraction of sp³-hybridized carbons (Fsp3) is 0.400. The summed E-state index contributed by atoms with van der Waals surface area (Å²) in [5, 5.41) is 0.539. The molecule has 1 aliphatic rings. The molecule has 21 heavy (non-hydrogen) atoms. The van der Waals surface area contributed by atoms with Crippen LogP contribution in [0.25, 0.3) is 10.9 Å². The van der Waals surface area contributed by atoms with Crippen LogP contribution in [0.15, 0.2) is 29.1 Å². The molecule has 0 spiro atoms. The maximum absolute atomic E-state index is 12.1. The first kappa shape index (κ1) is 13.8. The Bertz CT molecular complexity index is 732. The van der Waals surface area contributed by atoms with Gasteiger partial charge < -0.3 is 4.57 Å². The molecule has 1 saturated carbocycles. The number of carbonyl (C=O) groups is 1. The number of hydrogen-bond acceptors (Lipinski definition) is 4. The van der Waals surface area contributed by atoms with Crippen LogP contribution in [0.3, 0.4) is 0 Å². The van der Waals surface area contributed by atoms with Gasteiger partial charge in [-0.15, -0.1) is 0 Å². The Morgan fingerprint density at radius 2 is 1.95 bits per heavy atom. The number of nitrogens with two attached hydrogens (primary N) is 1. The van der Waals surface area contributed by atoms with Gasteiger partial charge in [-0.2, -0.15) is 4.98 Å². The highest BCUT2D eigenvalue weighted by atomic mass is 16.2. The Hall–Kier alpha value is -2.21. The Balaban J connectivity index is 2.28. The smallest absolute Gasteiger partial charge is 0.301 e. The van der Waals surface area contributed by atoms with Crippen LogP contribution in [0, 0.1) is 0 Å². The predicted molar refractivity (Wildman–Crippen MR) is 79.8 cm³/mol. The lowest BCUT2D eigenvalue weighted by molar-refractivity contribution is 0.0933. The van der Waals surface area contributed by atoms with E-state index < -0.39 is 11.5 Å². The molecule has 0 aliphatic heterocycles. The van der Waals surface area contributed by atoms with Crippen LogP contribution in [0.4, 0.5) is 0 Å². The van der Waals surface area contributed by atoms with Gasteiger partial charge in [0.05, 0.1) is 10.9 Å². The van der Waals surface area contributed by atoms with Crippen LogP contribution >= 0.6 is 0 Å². The summed E-state index contributed by atoms with van der Waals surface area (Å²) in [6.07, 6.45) is 5.42. The zero-order valence-corrected chi connectivity index (χ0v) is 11.7. The molecule has 6 nitrogen and oxygen atoms in total. The summed E-state index contributed by atoms with van der Waals surface area (Å²) in [6, 6.07) is 7.46. The van der Waals surface area contributed by atoms with Gasteiger partial charge in [-0.05, 0) is 25.0 Å². The average molecular weight is 286 g/mol. The fourth-order valence-corrected chi connectivity index (χ4v) is 3.12. The summed E-state index contributed by atoms with van der Waals surface area (Å²) < 4.78 is 1.89. The van der Waals surface area contributed by atoms with E-state index in [-0.39, 0.29) is 11.9 Å². The molecule has 0 saturated heterocycles. The van der Waals surface area contributed by atoms with Crippen LogP contribution < -0.4 is 16.8 Å². The Labute approximate surface area is 121 Å². The minimum Gasteiger partial charge on any atom is -0.318 e. The van der Waals surface area contributed by atoms with Gasteiger partial charge in [-0.3, -0.25) is 15.0 Å². The van der Waals surface area contributed by atoms with Gasteiger partial charge in [0.25, 0.3) is 5.56 Å². The summed E-state index contributed by atoms with van der Waals surface area (Å²) in [5.74, 6) is 4.82. The van der Waals surface area contributed by atoms with E-state index in [0.29, 0.717) is 5.39 Å². The molecule has 3 N–H and O–H groups in total. The van der Waals surface area contributed by atoms with Crippen LogP contribution in [0.1, 0.15) is 48.8 Å². The molecule has 110 valence electrons. The number of amides is 1.